The summed E-state index contributed by atoms with van der Waals surface area (Å²) in [5.41, 5.74) is 1.30. The molecule has 1 amide bonds. The van der Waals surface area contributed by atoms with Gasteiger partial charge in [0.1, 0.15) is 4.90 Å². The Morgan fingerprint density at radius 3 is 2.52 bits per heavy atom. The fraction of sp³-hybridized carbons (Fsp3) is 0.320. The molecule has 1 unspecified atom stereocenters. The third kappa shape index (κ3) is 4.13. The van der Waals surface area contributed by atoms with Crippen LogP contribution in [0, 0.1) is 0 Å². The number of ether oxygens (including phenoxy) is 2. The van der Waals surface area contributed by atoms with E-state index in [1.54, 1.807) is 42.8 Å². The van der Waals surface area contributed by atoms with E-state index in [-0.39, 0.29) is 34.1 Å². The Morgan fingerprint density at radius 2 is 1.79 bits per heavy atom. The molecule has 8 heteroatoms. The van der Waals surface area contributed by atoms with Crippen molar-refractivity contribution in [3.05, 3.63) is 64.4 Å². The maximum atomic E-state index is 13.3. The largest absolute Gasteiger partial charge is 0.493 e. The van der Waals surface area contributed by atoms with Crippen molar-refractivity contribution >= 4 is 32.8 Å². The van der Waals surface area contributed by atoms with Crippen molar-refractivity contribution < 1.29 is 22.7 Å². The highest BCUT2D eigenvalue weighted by Crippen LogP contribution is 2.47. The first-order chi connectivity index (χ1) is 16.0. The summed E-state index contributed by atoms with van der Waals surface area (Å²) in [6.07, 6.45) is 4.78. The summed E-state index contributed by atoms with van der Waals surface area (Å²) in [5, 5.41) is 4.45. The maximum Gasteiger partial charge on any atom is 0.225 e. The van der Waals surface area contributed by atoms with Crippen LogP contribution in [0.3, 0.4) is 0 Å². The number of amides is 1. The number of carbonyl (C=O) groups excluding carboxylic acids is 1. The van der Waals surface area contributed by atoms with Gasteiger partial charge in [0.15, 0.2) is 11.5 Å². The molecule has 2 aromatic carbocycles. The highest BCUT2D eigenvalue weighted by molar-refractivity contribution is 7.91. The predicted octanol–water partition coefficient (Wildman–Crippen LogP) is 5.39. The van der Waals surface area contributed by atoms with Gasteiger partial charge in [-0.25, -0.2) is 8.42 Å². The number of methoxy groups -OCH3 is 1. The molecule has 6 nitrogen and oxygen atoms in total. The molecule has 2 aliphatic rings. The van der Waals surface area contributed by atoms with Crippen molar-refractivity contribution in [2.75, 3.05) is 12.4 Å². The van der Waals surface area contributed by atoms with Gasteiger partial charge in [-0.05, 0) is 55.5 Å². The fourth-order valence-electron chi connectivity index (χ4n) is 4.59. The molecule has 172 valence electrons. The monoisotopic (exact) mass is 483 g/mol. The van der Waals surface area contributed by atoms with Crippen molar-refractivity contribution in [2.24, 2.45) is 0 Å². The van der Waals surface area contributed by atoms with Gasteiger partial charge in [0, 0.05) is 22.6 Å². The lowest BCUT2D eigenvalue weighted by molar-refractivity contribution is -0.116. The molecule has 1 atom stereocenters. The summed E-state index contributed by atoms with van der Waals surface area (Å²) in [6.45, 7) is 0. The summed E-state index contributed by atoms with van der Waals surface area (Å²) in [7, 11) is -2.14. The molecule has 1 aromatic heterocycles. The Morgan fingerprint density at radius 1 is 1.03 bits per heavy atom. The van der Waals surface area contributed by atoms with E-state index in [4.69, 9.17) is 9.47 Å². The van der Waals surface area contributed by atoms with E-state index in [0.29, 0.717) is 17.2 Å². The third-order valence-corrected chi connectivity index (χ3v) is 9.32. The molecule has 0 radical (unpaired) electrons. The molecular formula is C25H25NO5S2. The maximum absolute atomic E-state index is 13.3. The van der Waals surface area contributed by atoms with E-state index in [9.17, 15) is 13.2 Å². The van der Waals surface area contributed by atoms with Crippen molar-refractivity contribution in [3.8, 4) is 11.5 Å². The van der Waals surface area contributed by atoms with Crippen LogP contribution in [0.15, 0.2) is 63.7 Å². The summed E-state index contributed by atoms with van der Waals surface area (Å²) in [5.74, 6) is 0.868. The molecule has 5 rings (SSSR count). The summed E-state index contributed by atoms with van der Waals surface area (Å²) < 4.78 is 38.3. The molecule has 0 bridgehead atoms. The standard InChI is InChI=1S/C25H25NO5S2/c1-30-20-12-11-16(13-21(20)31-17-7-5-6-8-17)19-14-23(27)26-24-22(15-32-25(19)24)33(28,29)18-9-3-2-4-10-18/h2-4,9-13,15,17,19H,5-8,14H2,1H3,(H,26,27). The molecule has 3 aromatic rings. The van der Waals surface area contributed by atoms with Crippen LogP contribution >= 0.6 is 11.3 Å². The van der Waals surface area contributed by atoms with Crippen LogP contribution < -0.4 is 14.8 Å². The van der Waals surface area contributed by atoms with Gasteiger partial charge in [0.25, 0.3) is 0 Å². The van der Waals surface area contributed by atoms with Gasteiger partial charge in [-0.2, -0.15) is 0 Å². The number of hydrogen-bond acceptors (Lipinski definition) is 6. The molecule has 1 aliphatic heterocycles. The molecule has 1 N–H and O–H groups in total. The van der Waals surface area contributed by atoms with E-state index in [1.165, 1.54) is 11.3 Å². The second-order valence-corrected chi connectivity index (χ2v) is 11.2. The first-order valence-electron chi connectivity index (χ1n) is 11.0. The summed E-state index contributed by atoms with van der Waals surface area (Å²) >= 11 is 1.36. The van der Waals surface area contributed by atoms with Crippen molar-refractivity contribution in [3.63, 3.8) is 0 Å². The number of nitrogens with one attached hydrogen (secondary N) is 1. The van der Waals surface area contributed by atoms with Crippen LogP contribution in [0.1, 0.15) is 48.5 Å². The Hall–Kier alpha value is -2.84. The average Bonchev–Trinajstić information content (AvgIpc) is 3.49. The highest BCUT2D eigenvalue weighted by atomic mass is 32.2. The third-order valence-electron chi connectivity index (χ3n) is 6.29. The number of anilines is 1. The number of hydrogen-bond donors (Lipinski definition) is 1. The lowest BCUT2D eigenvalue weighted by atomic mass is 9.90. The lowest BCUT2D eigenvalue weighted by Crippen LogP contribution is -2.23. The number of sulfone groups is 1. The molecule has 1 saturated carbocycles. The Bertz CT molecular complexity index is 1280. The zero-order chi connectivity index (χ0) is 23.0. The highest BCUT2D eigenvalue weighted by Gasteiger charge is 2.35. The zero-order valence-corrected chi connectivity index (χ0v) is 19.9. The predicted molar refractivity (Wildman–Crippen MR) is 127 cm³/mol. The smallest absolute Gasteiger partial charge is 0.225 e. The Labute approximate surface area is 197 Å². The van der Waals surface area contributed by atoms with Gasteiger partial charge in [0.2, 0.25) is 15.7 Å². The Kier molecular flexibility index (Phi) is 5.88. The first-order valence-corrected chi connectivity index (χ1v) is 13.4. The first kappa shape index (κ1) is 22.0. The molecule has 1 aliphatic carbocycles. The quantitative estimate of drug-likeness (QED) is 0.509. The van der Waals surface area contributed by atoms with Gasteiger partial charge >= 0.3 is 0 Å². The molecule has 0 saturated heterocycles. The number of rotatable bonds is 6. The zero-order valence-electron chi connectivity index (χ0n) is 18.2. The molecule has 2 heterocycles. The molecule has 1 fully saturated rings. The average molecular weight is 484 g/mol. The van der Waals surface area contributed by atoms with Gasteiger partial charge in [-0.1, -0.05) is 24.3 Å². The fourth-order valence-corrected chi connectivity index (χ4v) is 7.51. The van der Waals surface area contributed by atoms with Gasteiger partial charge < -0.3 is 14.8 Å². The van der Waals surface area contributed by atoms with E-state index in [0.717, 1.165) is 36.1 Å². The second-order valence-electron chi connectivity index (χ2n) is 8.40. The van der Waals surface area contributed by atoms with Crippen LogP contribution in [-0.4, -0.2) is 27.5 Å². The second kappa shape index (κ2) is 8.83. The van der Waals surface area contributed by atoms with Gasteiger partial charge in [-0.15, -0.1) is 11.3 Å². The van der Waals surface area contributed by atoms with Crippen LogP contribution in [0.2, 0.25) is 0 Å². The van der Waals surface area contributed by atoms with E-state index in [1.807, 2.05) is 18.2 Å². The van der Waals surface area contributed by atoms with E-state index in [2.05, 4.69) is 5.32 Å². The minimum atomic E-state index is -3.75. The molecular weight excluding hydrogens is 458 g/mol. The van der Waals surface area contributed by atoms with Crippen LogP contribution in [0.5, 0.6) is 11.5 Å². The van der Waals surface area contributed by atoms with E-state index >= 15 is 0 Å². The molecule has 33 heavy (non-hydrogen) atoms. The van der Waals surface area contributed by atoms with Crippen LogP contribution in [0.25, 0.3) is 0 Å². The topological polar surface area (TPSA) is 81.7 Å². The number of carbonyl (C=O) groups is 1. The van der Waals surface area contributed by atoms with Crippen molar-refractivity contribution in [2.45, 2.75) is 53.9 Å². The molecule has 0 spiro atoms. The SMILES string of the molecule is COc1ccc(C2CC(=O)Nc3c(S(=O)(=O)c4ccccc4)csc32)cc1OC1CCCC1. The minimum absolute atomic E-state index is 0.141. The number of thiophene rings is 1. The summed E-state index contributed by atoms with van der Waals surface area (Å²) in [4.78, 5) is 13.8. The lowest BCUT2D eigenvalue weighted by Gasteiger charge is -2.25. The number of benzene rings is 2. The van der Waals surface area contributed by atoms with Crippen LogP contribution in [-0.2, 0) is 14.6 Å². The summed E-state index contributed by atoms with van der Waals surface area (Å²) in [6, 6.07) is 14.0. The Balaban J connectivity index is 1.54. The normalized spacial score (nSPS) is 18.6. The van der Waals surface area contributed by atoms with Gasteiger partial charge in [0.05, 0.1) is 23.8 Å². The van der Waals surface area contributed by atoms with Crippen molar-refractivity contribution in [1.29, 1.82) is 0 Å². The van der Waals surface area contributed by atoms with Crippen molar-refractivity contribution in [1.82, 2.24) is 0 Å². The van der Waals surface area contributed by atoms with Gasteiger partial charge in [-0.3, -0.25) is 4.79 Å². The van der Waals surface area contributed by atoms with Crippen LogP contribution in [0.4, 0.5) is 5.69 Å². The number of fused-ring (bicyclic) bond motifs is 1. The minimum Gasteiger partial charge on any atom is -0.493 e. The van der Waals surface area contributed by atoms with E-state index < -0.39 is 9.84 Å².